The number of amides is 2. The fourth-order valence-corrected chi connectivity index (χ4v) is 4.07. The van der Waals surface area contributed by atoms with Gasteiger partial charge in [-0.15, -0.1) is 0 Å². The quantitative estimate of drug-likeness (QED) is 0.222. The van der Waals surface area contributed by atoms with Crippen LogP contribution in [0.15, 0.2) is 65.1 Å². The molecule has 2 aromatic carbocycles. The number of thiocarbonyl (C=S) groups is 1. The molecular weight excluding hydrogens is 438 g/mol. The summed E-state index contributed by atoms with van der Waals surface area (Å²) in [6, 6.07) is 12.9. The van der Waals surface area contributed by atoms with Crippen LogP contribution in [-0.2, 0) is 9.59 Å². The number of carbonyl (C=O) groups excluding carboxylic acids is 2. The van der Waals surface area contributed by atoms with Gasteiger partial charge in [-0.3, -0.25) is 24.6 Å². The van der Waals surface area contributed by atoms with Crippen molar-refractivity contribution in [3.05, 3.63) is 80.8 Å². The zero-order valence-corrected chi connectivity index (χ0v) is 17.9. The summed E-state index contributed by atoms with van der Waals surface area (Å²) in [6.07, 6.45) is 3.64. The minimum Gasteiger partial charge on any atom is -0.506 e. The summed E-state index contributed by atoms with van der Waals surface area (Å²) in [6.45, 7) is 1.52. The molecule has 158 valence electrons. The van der Waals surface area contributed by atoms with E-state index in [0.29, 0.717) is 4.91 Å². The van der Waals surface area contributed by atoms with E-state index in [1.54, 1.807) is 6.08 Å². The van der Waals surface area contributed by atoms with Crippen LogP contribution in [0.25, 0.3) is 6.08 Å². The van der Waals surface area contributed by atoms with Crippen LogP contribution in [0.2, 0.25) is 0 Å². The van der Waals surface area contributed by atoms with E-state index >= 15 is 0 Å². The number of nitro benzene ring substituents is 1. The molecule has 0 saturated carbocycles. The number of phenolic OH excluding ortho intramolecular Hbond substituents is 1. The first-order valence-corrected chi connectivity index (χ1v) is 10.2. The van der Waals surface area contributed by atoms with E-state index in [0.717, 1.165) is 35.0 Å². The number of nitro groups is 1. The summed E-state index contributed by atoms with van der Waals surface area (Å²) in [5, 5.41) is 23.0. The summed E-state index contributed by atoms with van der Waals surface area (Å²) in [7, 11) is 0. The Morgan fingerprint density at radius 1 is 1.29 bits per heavy atom. The van der Waals surface area contributed by atoms with Gasteiger partial charge in [0.15, 0.2) is 0 Å². The van der Waals surface area contributed by atoms with Crippen molar-refractivity contribution in [2.75, 3.05) is 11.9 Å². The molecule has 2 amide bonds. The molecule has 1 aliphatic heterocycles. The monoisotopic (exact) mass is 455 g/mol. The molecule has 1 saturated heterocycles. The molecule has 0 bridgehead atoms. The van der Waals surface area contributed by atoms with Crippen LogP contribution in [-0.4, -0.2) is 37.6 Å². The molecule has 0 radical (unpaired) electrons. The number of phenols is 1. The Morgan fingerprint density at radius 2 is 2.00 bits per heavy atom. The van der Waals surface area contributed by atoms with Crippen LogP contribution in [0, 0.1) is 10.1 Å². The van der Waals surface area contributed by atoms with Gasteiger partial charge in [0.1, 0.15) is 16.6 Å². The Bertz CT molecular complexity index is 1130. The lowest BCUT2D eigenvalue weighted by Crippen LogP contribution is -2.36. The predicted octanol–water partition coefficient (Wildman–Crippen LogP) is 4.09. The van der Waals surface area contributed by atoms with Crippen LogP contribution in [0.5, 0.6) is 5.75 Å². The highest BCUT2D eigenvalue weighted by molar-refractivity contribution is 8.26. The second-order valence-corrected chi connectivity index (χ2v) is 8.25. The molecule has 1 aliphatic rings. The Labute approximate surface area is 187 Å². The number of rotatable bonds is 6. The van der Waals surface area contributed by atoms with E-state index in [-0.39, 0.29) is 28.1 Å². The number of non-ortho nitro benzene ring substituents is 1. The molecule has 1 fully saturated rings. The first kappa shape index (κ1) is 22.2. The lowest BCUT2D eigenvalue weighted by Gasteiger charge is -2.14. The number of nitrogens with one attached hydrogen (secondary N) is 1. The third-order valence-corrected chi connectivity index (χ3v) is 5.57. The Morgan fingerprint density at radius 3 is 2.65 bits per heavy atom. The first-order valence-electron chi connectivity index (χ1n) is 9.00. The summed E-state index contributed by atoms with van der Waals surface area (Å²) < 4.78 is 0.242. The van der Waals surface area contributed by atoms with Gasteiger partial charge in [0.25, 0.3) is 11.6 Å². The van der Waals surface area contributed by atoms with Gasteiger partial charge in [0.05, 0.1) is 21.6 Å². The lowest BCUT2D eigenvalue weighted by molar-refractivity contribution is -0.384. The van der Waals surface area contributed by atoms with Crippen molar-refractivity contribution in [3.8, 4) is 5.75 Å². The maximum Gasteiger partial charge on any atom is 0.273 e. The molecule has 0 spiro atoms. The van der Waals surface area contributed by atoms with E-state index < -0.39 is 16.6 Å². The second kappa shape index (κ2) is 9.54. The number of nitrogens with zero attached hydrogens (tertiary/aromatic N) is 2. The number of anilines is 1. The lowest BCUT2D eigenvalue weighted by atomic mass is 10.1. The average molecular weight is 456 g/mol. The number of aromatic hydroxyl groups is 1. The number of carbonyl (C=O) groups is 2. The molecular formula is C21H17N3O5S2. The number of hydrogen-bond acceptors (Lipinski definition) is 7. The van der Waals surface area contributed by atoms with Crippen molar-refractivity contribution in [3.63, 3.8) is 0 Å². The van der Waals surface area contributed by atoms with Crippen LogP contribution < -0.4 is 5.32 Å². The average Bonchev–Trinajstić information content (AvgIpc) is 2.97. The highest BCUT2D eigenvalue weighted by Crippen LogP contribution is 2.32. The van der Waals surface area contributed by atoms with Gasteiger partial charge in [-0.2, -0.15) is 0 Å². The summed E-state index contributed by atoms with van der Waals surface area (Å²) in [5.74, 6) is -1.44. The minimum absolute atomic E-state index is 0.00165. The van der Waals surface area contributed by atoms with E-state index in [1.165, 1.54) is 11.0 Å². The fraction of sp³-hybridized carbons (Fsp3) is 0.0952. The van der Waals surface area contributed by atoms with Gasteiger partial charge < -0.3 is 10.4 Å². The smallest absolute Gasteiger partial charge is 0.273 e. The van der Waals surface area contributed by atoms with Gasteiger partial charge in [-0.05, 0) is 30.2 Å². The largest absolute Gasteiger partial charge is 0.506 e. The molecule has 2 N–H and O–H groups in total. The van der Waals surface area contributed by atoms with Crippen molar-refractivity contribution in [1.29, 1.82) is 0 Å². The zero-order chi connectivity index (χ0) is 22.5. The zero-order valence-electron chi connectivity index (χ0n) is 16.3. The summed E-state index contributed by atoms with van der Waals surface area (Å²) in [4.78, 5) is 36.7. The minimum atomic E-state index is -0.661. The predicted molar refractivity (Wildman–Crippen MR) is 123 cm³/mol. The molecule has 0 aromatic heterocycles. The van der Waals surface area contributed by atoms with Crippen LogP contribution in [0.3, 0.4) is 0 Å². The van der Waals surface area contributed by atoms with Crippen molar-refractivity contribution < 1.29 is 19.6 Å². The van der Waals surface area contributed by atoms with Crippen LogP contribution in [0.1, 0.15) is 12.5 Å². The van der Waals surface area contributed by atoms with Crippen LogP contribution in [0.4, 0.5) is 11.4 Å². The molecule has 2 aromatic rings. The Kier molecular flexibility index (Phi) is 6.83. The maximum atomic E-state index is 12.7. The second-order valence-electron chi connectivity index (χ2n) is 6.57. The van der Waals surface area contributed by atoms with Gasteiger partial charge in [0.2, 0.25) is 5.91 Å². The third kappa shape index (κ3) is 5.56. The molecule has 8 nitrogen and oxygen atoms in total. The SMILES string of the molecule is CC(/C=C1\SC(=S)N(CC(=O)Nc2ccc([N+](=O)[O-])cc2O)C1=O)=C\c1ccccc1. The normalized spacial score (nSPS) is 15.5. The fourth-order valence-electron chi connectivity index (χ4n) is 2.77. The van der Waals surface area contributed by atoms with Gasteiger partial charge >= 0.3 is 0 Å². The van der Waals surface area contributed by atoms with E-state index in [9.17, 15) is 24.8 Å². The van der Waals surface area contributed by atoms with Crippen molar-refractivity contribution in [2.45, 2.75) is 6.92 Å². The molecule has 10 heteroatoms. The van der Waals surface area contributed by atoms with Gasteiger partial charge in [-0.25, -0.2) is 0 Å². The highest BCUT2D eigenvalue weighted by atomic mass is 32.2. The molecule has 3 rings (SSSR count). The van der Waals surface area contributed by atoms with E-state index in [1.807, 2.05) is 43.3 Å². The number of benzene rings is 2. The maximum absolute atomic E-state index is 12.7. The van der Waals surface area contributed by atoms with Crippen molar-refractivity contribution >= 4 is 57.6 Å². The molecule has 0 atom stereocenters. The Balaban J connectivity index is 1.68. The number of thioether (sulfide) groups is 1. The molecule has 31 heavy (non-hydrogen) atoms. The summed E-state index contributed by atoms with van der Waals surface area (Å²) >= 11 is 6.34. The Hall–Kier alpha value is -3.50. The van der Waals surface area contributed by atoms with Gasteiger partial charge in [0, 0.05) is 6.07 Å². The molecule has 1 heterocycles. The van der Waals surface area contributed by atoms with Crippen molar-refractivity contribution in [2.24, 2.45) is 0 Å². The van der Waals surface area contributed by atoms with E-state index in [4.69, 9.17) is 12.2 Å². The standard InChI is InChI=1S/C21H17N3O5S2/c1-13(9-14-5-3-2-4-6-14)10-18-20(27)23(21(30)31-18)12-19(26)22-16-8-7-15(24(28)29)11-17(16)25/h2-11,25H,12H2,1H3,(H,22,26)/b13-9+,18-10-. The molecule has 0 unspecified atom stereocenters. The van der Waals surface area contributed by atoms with E-state index in [2.05, 4.69) is 5.32 Å². The third-order valence-electron chi connectivity index (χ3n) is 4.19. The highest BCUT2D eigenvalue weighted by Gasteiger charge is 2.33. The van der Waals surface area contributed by atoms with Crippen molar-refractivity contribution in [1.82, 2.24) is 4.90 Å². The van der Waals surface area contributed by atoms with Gasteiger partial charge in [-0.1, -0.05) is 60.4 Å². The van der Waals surface area contributed by atoms with Crippen LogP contribution >= 0.6 is 24.0 Å². The summed E-state index contributed by atoms with van der Waals surface area (Å²) in [5.41, 5.74) is 1.54. The first-order chi connectivity index (χ1) is 14.7. The topological polar surface area (TPSA) is 113 Å². The molecule has 0 aliphatic carbocycles. The number of hydrogen-bond donors (Lipinski definition) is 2. The number of allylic oxidation sites excluding steroid dienone is 2.